The number of hydrogen-bond acceptors (Lipinski definition) is 4. The first kappa shape index (κ1) is 21.8. The van der Waals surface area contributed by atoms with Crippen LogP contribution in [-0.4, -0.2) is 26.9 Å². The number of imidazole rings is 1. The number of carboxylic acids is 1. The summed E-state index contributed by atoms with van der Waals surface area (Å²) in [5.74, 6) is -0.789. The number of rotatable bonds is 6. The van der Waals surface area contributed by atoms with Crippen LogP contribution in [0.15, 0.2) is 71.6 Å². The molecule has 0 fully saturated rings. The fraction of sp³-hybridized carbons (Fsp3) is 0.130. The number of aromatic carboxylic acids is 1. The van der Waals surface area contributed by atoms with Crippen molar-refractivity contribution in [3.8, 4) is 0 Å². The van der Waals surface area contributed by atoms with Crippen LogP contribution in [0, 0.1) is 0 Å². The summed E-state index contributed by atoms with van der Waals surface area (Å²) in [7, 11) is 0. The van der Waals surface area contributed by atoms with Crippen LogP contribution in [0.3, 0.4) is 0 Å². The predicted molar refractivity (Wildman–Crippen MR) is 119 cm³/mol. The van der Waals surface area contributed by atoms with E-state index in [9.17, 15) is 23.1 Å². The maximum Gasteiger partial charge on any atom is 0.416 e. The van der Waals surface area contributed by atoms with Crippen molar-refractivity contribution in [1.29, 1.82) is 0 Å². The van der Waals surface area contributed by atoms with Gasteiger partial charge in [0.2, 0.25) is 5.95 Å². The molecule has 3 aromatic carbocycles. The SMILES string of the molecule is CSc1ccc(Nc2nc3cc(C(=O)O)ccc3n2Cc2ccccc2C(F)(F)F)cc1. The quantitative estimate of drug-likeness (QED) is 0.334. The van der Waals surface area contributed by atoms with Gasteiger partial charge < -0.3 is 15.0 Å². The summed E-state index contributed by atoms with van der Waals surface area (Å²) in [6, 6.07) is 17.3. The number of carboxylic acid groups (broad SMARTS) is 1. The molecule has 0 unspecified atom stereocenters. The number of aromatic nitrogens is 2. The highest BCUT2D eigenvalue weighted by Gasteiger charge is 2.33. The lowest BCUT2D eigenvalue weighted by Gasteiger charge is -2.16. The van der Waals surface area contributed by atoms with E-state index in [0.29, 0.717) is 22.7 Å². The smallest absolute Gasteiger partial charge is 0.416 e. The lowest BCUT2D eigenvalue weighted by molar-refractivity contribution is -0.138. The van der Waals surface area contributed by atoms with Crippen molar-refractivity contribution in [1.82, 2.24) is 9.55 Å². The van der Waals surface area contributed by atoms with E-state index in [0.717, 1.165) is 11.0 Å². The Bertz CT molecular complexity index is 1280. The lowest BCUT2D eigenvalue weighted by atomic mass is 10.1. The van der Waals surface area contributed by atoms with Crippen molar-refractivity contribution in [2.24, 2.45) is 0 Å². The van der Waals surface area contributed by atoms with Crippen LogP contribution in [0.25, 0.3) is 11.0 Å². The molecule has 0 saturated heterocycles. The highest BCUT2D eigenvalue weighted by atomic mass is 32.2. The molecule has 1 aromatic heterocycles. The Hall–Kier alpha value is -3.46. The van der Waals surface area contributed by atoms with Crippen molar-refractivity contribution in [3.05, 3.63) is 83.4 Å². The molecule has 4 aromatic rings. The second-order valence-electron chi connectivity index (χ2n) is 7.04. The van der Waals surface area contributed by atoms with Crippen molar-refractivity contribution < 1.29 is 23.1 Å². The standard InChI is InChI=1S/C23H18F3N3O2S/c1-32-17-9-7-16(8-10-17)27-22-28-19-12-14(21(30)31)6-11-20(19)29(22)13-15-4-2-3-5-18(15)23(24,25)26/h2-12H,13H2,1H3,(H,27,28)(H,30,31). The Balaban J connectivity index is 1.82. The maximum absolute atomic E-state index is 13.5. The Morgan fingerprint density at radius 2 is 1.81 bits per heavy atom. The zero-order valence-corrected chi connectivity index (χ0v) is 17.7. The van der Waals surface area contributed by atoms with Gasteiger partial charge in [0.05, 0.1) is 28.7 Å². The summed E-state index contributed by atoms with van der Waals surface area (Å²) in [5, 5.41) is 12.4. The van der Waals surface area contributed by atoms with Gasteiger partial charge in [0.1, 0.15) is 0 Å². The molecule has 0 spiro atoms. The highest BCUT2D eigenvalue weighted by molar-refractivity contribution is 7.98. The summed E-state index contributed by atoms with van der Waals surface area (Å²) in [5.41, 5.74) is 1.02. The third-order valence-electron chi connectivity index (χ3n) is 4.99. The number of nitrogens with one attached hydrogen (secondary N) is 1. The minimum absolute atomic E-state index is 0.0497. The molecule has 2 N–H and O–H groups in total. The van der Waals surface area contributed by atoms with Crippen LogP contribution in [0.5, 0.6) is 0 Å². The Morgan fingerprint density at radius 3 is 2.47 bits per heavy atom. The first-order valence-electron chi connectivity index (χ1n) is 9.56. The first-order chi connectivity index (χ1) is 15.3. The van der Waals surface area contributed by atoms with Gasteiger partial charge in [0.15, 0.2) is 0 Å². The van der Waals surface area contributed by atoms with Gasteiger partial charge in [0.25, 0.3) is 0 Å². The van der Waals surface area contributed by atoms with Gasteiger partial charge in [-0.05, 0) is 60.4 Å². The number of carbonyl (C=O) groups is 1. The van der Waals surface area contributed by atoms with Gasteiger partial charge >= 0.3 is 12.1 Å². The van der Waals surface area contributed by atoms with E-state index in [2.05, 4.69) is 10.3 Å². The van der Waals surface area contributed by atoms with Gasteiger partial charge in [-0.3, -0.25) is 0 Å². The number of benzene rings is 3. The molecule has 1 heterocycles. The second kappa shape index (κ2) is 8.58. The van der Waals surface area contributed by atoms with E-state index in [4.69, 9.17) is 0 Å². The molecular weight excluding hydrogens is 439 g/mol. The minimum atomic E-state index is -4.50. The molecule has 0 atom stereocenters. The Morgan fingerprint density at radius 1 is 1.09 bits per heavy atom. The molecule has 164 valence electrons. The lowest BCUT2D eigenvalue weighted by Crippen LogP contribution is -2.12. The van der Waals surface area contributed by atoms with Gasteiger partial charge in [-0.1, -0.05) is 18.2 Å². The topological polar surface area (TPSA) is 67.2 Å². The number of nitrogens with zero attached hydrogens (tertiary/aromatic N) is 2. The molecule has 0 bridgehead atoms. The highest BCUT2D eigenvalue weighted by Crippen LogP contribution is 2.34. The van der Waals surface area contributed by atoms with Gasteiger partial charge in [0, 0.05) is 10.6 Å². The second-order valence-corrected chi connectivity index (χ2v) is 7.92. The van der Waals surface area contributed by atoms with E-state index in [-0.39, 0.29) is 17.7 Å². The molecule has 0 amide bonds. The maximum atomic E-state index is 13.5. The molecule has 9 heteroatoms. The van der Waals surface area contributed by atoms with Crippen molar-refractivity contribution in [2.45, 2.75) is 17.6 Å². The van der Waals surface area contributed by atoms with Crippen LogP contribution >= 0.6 is 11.8 Å². The summed E-state index contributed by atoms with van der Waals surface area (Å²) >= 11 is 1.59. The number of thioether (sulfide) groups is 1. The van der Waals surface area contributed by atoms with Crippen molar-refractivity contribution in [2.75, 3.05) is 11.6 Å². The number of fused-ring (bicyclic) bond motifs is 1. The molecule has 0 aliphatic rings. The number of alkyl halides is 3. The first-order valence-corrected chi connectivity index (χ1v) is 10.8. The van der Waals surface area contributed by atoms with E-state index < -0.39 is 17.7 Å². The van der Waals surface area contributed by atoms with Crippen molar-refractivity contribution >= 4 is 40.4 Å². The molecule has 0 saturated carbocycles. The van der Waals surface area contributed by atoms with Crippen LogP contribution in [-0.2, 0) is 12.7 Å². The summed E-state index contributed by atoms with van der Waals surface area (Å²) in [6.45, 7) is -0.0934. The number of halogens is 3. The third-order valence-corrected chi connectivity index (χ3v) is 5.74. The zero-order chi connectivity index (χ0) is 22.9. The largest absolute Gasteiger partial charge is 0.478 e. The fourth-order valence-electron chi connectivity index (χ4n) is 3.43. The van der Waals surface area contributed by atoms with E-state index in [1.807, 2.05) is 30.5 Å². The molecule has 0 aliphatic heterocycles. The van der Waals surface area contributed by atoms with Crippen molar-refractivity contribution in [3.63, 3.8) is 0 Å². The van der Waals surface area contributed by atoms with Crippen LogP contribution in [0.2, 0.25) is 0 Å². The number of hydrogen-bond donors (Lipinski definition) is 2. The van der Waals surface area contributed by atoms with Crippen LogP contribution < -0.4 is 5.32 Å². The van der Waals surface area contributed by atoms with Crippen LogP contribution in [0.4, 0.5) is 24.8 Å². The minimum Gasteiger partial charge on any atom is -0.478 e. The summed E-state index contributed by atoms with van der Waals surface area (Å²) in [4.78, 5) is 16.9. The van der Waals surface area contributed by atoms with Crippen LogP contribution in [0.1, 0.15) is 21.5 Å². The molecule has 0 aliphatic carbocycles. The molecule has 32 heavy (non-hydrogen) atoms. The van der Waals surface area contributed by atoms with E-state index in [1.165, 1.54) is 24.3 Å². The predicted octanol–water partition coefficient (Wildman–Crippen LogP) is 6.27. The molecule has 0 radical (unpaired) electrons. The third kappa shape index (κ3) is 4.43. The summed E-state index contributed by atoms with van der Waals surface area (Å²) in [6.07, 6.45) is -2.54. The van der Waals surface area contributed by atoms with E-state index >= 15 is 0 Å². The summed E-state index contributed by atoms with van der Waals surface area (Å²) < 4.78 is 42.3. The zero-order valence-electron chi connectivity index (χ0n) is 16.8. The average molecular weight is 457 g/mol. The molecule has 5 nitrogen and oxygen atoms in total. The van der Waals surface area contributed by atoms with Gasteiger partial charge in [-0.2, -0.15) is 13.2 Å². The number of anilines is 2. The molecule has 4 rings (SSSR count). The van der Waals surface area contributed by atoms with Gasteiger partial charge in [-0.25, -0.2) is 9.78 Å². The molecular formula is C23H18F3N3O2S. The normalized spacial score (nSPS) is 11.6. The fourth-order valence-corrected chi connectivity index (χ4v) is 3.84. The monoisotopic (exact) mass is 457 g/mol. The van der Waals surface area contributed by atoms with Gasteiger partial charge in [-0.15, -0.1) is 11.8 Å². The average Bonchev–Trinajstić information content (AvgIpc) is 3.10. The Kier molecular flexibility index (Phi) is 5.84. The Labute approximate surface area is 185 Å². The van der Waals surface area contributed by atoms with E-state index in [1.54, 1.807) is 28.5 Å².